The summed E-state index contributed by atoms with van der Waals surface area (Å²) in [5.74, 6) is 0. The second-order valence-corrected chi connectivity index (χ2v) is 13.9. The predicted molar refractivity (Wildman–Crippen MR) is 121 cm³/mol. The molecule has 0 amide bonds. The molecule has 0 saturated carbocycles. The molecule has 2 nitrogen and oxygen atoms in total. The monoisotopic (exact) mass is 403 g/mol. The van der Waals surface area contributed by atoms with Crippen molar-refractivity contribution < 1.29 is 4.43 Å². The standard InChI is InChI=1S/C23H34ClNOSi/c1-7-11-21(26-27(5,6)23(2,3)4)22(18-12-9-8-10-13-18)25-20-16-14-19(24)15-17-20/h8-10,12-17,21-22,25H,7,11H2,1-6H3. The van der Waals surface area contributed by atoms with Crippen molar-refractivity contribution in [2.45, 2.75) is 70.8 Å². The Morgan fingerprint density at radius 2 is 1.59 bits per heavy atom. The first-order valence-electron chi connectivity index (χ1n) is 9.89. The van der Waals surface area contributed by atoms with Gasteiger partial charge in [-0.05, 0) is 54.4 Å². The molecule has 2 unspecified atom stereocenters. The molecule has 0 aliphatic rings. The highest BCUT2D eigenvalue weighted by atomic mass is 35.5. The highest BCUT2D eigenvalue weighted by molar-refractivity contribution is 6.74. The summed E-state index contributed by atoms with van der Waals surface area (Å²) < 4.78 is 6.91. The van der Waals surface area contributed by atoms with Gasteiger partial charge >= 0.3 is 0 Å². The van der Waals surface area contributed by atoms with Gasteiger partial charge in [0.25, 0.3) is 0 Å². The van der Waals surface area contributed by atoms with Crippen molar-refractivity contribution in [3.63, 3.8) is 0 Å². The van der Waals surface area contributed by atoms with Gasteiger partial charge in [0.2, 0.25) is 0 Å². The molecular weight excluding hydrogens is 370 g/mol. The number of halogens is 1. The van der Waals surface area contributed by atoms with Crippen LogP contribution in [0, 0.1) is 0 Å². The SMILES string of the molecule is CCCC(O[Si](C)(C)C(C)(C)C)C(Nc1ccc(Cl)cc1)c1ccccc1. The maximum absolute atomic E-state index is 6.91. The third-order valence-corrected chi connectivity index (χ3v) is 10.3. The van der Waals surface area contributed by atoms with E-state index in [-0.39, 0.29) is 17.2 Å². The molecule has 0 spiro atoms. The second kappa shape index (κ2) is 9.27. The van der Waals surface area contributed by atoms with Gasteiger partial charge in [-0.25, -0.2) is 0 Å². The summed E-state index contributed by atoms with van der Waals surface area (Å²) in [4.78, 5) is 0. The zero-order valence-electron chi connectivity index (χ0n) is 17.6. The van der Waals surface area contributed by atoms with Crippen LogP contribution in [-0.2, 0) is 4.43 Å². The van der Waals surface area contributed by atoms with E-state index in [9.17, 15) is 0 Å². The molecule has 148 valence electrons. The number of hydrogen-bond donors (Lipinski definition) is 1. The molecule has 0 aromatic heterocycles. The van der Waals surface area contributed by atoms with Gasteiger partial charge in [-0.15, -0.1) is 0 Å². The first-order chi connectivity index (χ1) is 12.6. The molecular formula is C23H34ClNOSi. The number of benzene rings is 2. The lowest BCUT2D eigenvalue weighted by molar-refractivity contribution is 0.149. The maximum Gasteiger partial charge on any atom is 0.192 e. The van der Waals surface area contributed by atoms with Gasteiger partial charge < -0.3 is 9.74 Å². The van der Waals surface area contributed by atoms with Crippen molar-refractivity contribution in [1.82, 2.24) is 0 Å². The summed E-state index contributed by atoms with van der Waals surface area (Å²) >= 11 is 6.07. The van der Waals surface area contributed by atoms with Gasteiger partial charge in [0.1, 0.15) is 0 Å². The minimum atomic E-state index is -1.89. The van der Waals surface area contributed by atoms with Crippen LogP contribution in [0.1, 0.15) is 52.1 Å². The third-order valence-electron chi connectivity index (χ3n) is 5.52. The Labute approximate surface area is 171 Å². The first-order valence-corrected chi connectivity index (χ1v) is 13.2. The number of nitrogens with one attached hydrogen (secondary N) is 1. The Hall–Kier alpha value is -1.29. The highest BCUT2D eigenvalue weighted by Crippen LogP contribution is 2.40. The smallest absolute Gasteiger partial charge is 0.192 e. The van der Waals surface area contributed by atoms with E-state index in [0.29, 0.717) is 0 Å². The van der Waals surface area contributed by atoms with Crippen LogP contribution in [0.4, 0.5) is 5.69 Å². The van der Waals surface area contributed by atoms with Crippen molar-refractivity contribution in [1.29, 1.82) is 0 Å². The zero-order valence-corrected chi connectivity index (χ0v) is 19.3. The highest BCUT2D eigenvalue weighted by Gasteiger charge is 2.40. The Morgan fingerprint density at radius 1 is 1.00 bits per heavy atom. The molecule has 0 fully saturated rings. The summed E-state index contributed by atoms with van der Waals surface area (Å²) in [6.07, 6.45) is 2.23. The molecule has 0 bridgehead atoms. The Balaban J connectivity index is 2.37. The van der Waals surface area contributed by atoms with E-state index in [0.717, 1.165) is 23.6 Å². The van der Waals surface area contributed by atoms with Gasteiger partial charge in [-0.2, -0.15) is 0 Å². The maximum atomic E-state index is 6.91. The van der Waals surface area contributed by atoms with E-state index in [1.165, 1.54) is 5.56 Å². The fourth-order valence-corrected chi connectivity index (χ4v) is 4.40. The largest absolute Gasteiger partial charge is 0.411 e. The Morgan fingerprint density at radius 3 is 2.11 bits per heavy atom. The number of hydrogen-bond acceptors (Lipinski definition) is 2. The van der Waals surface area contributed by atoms with Gasteiger partial charge in [0, 0.05) is 10.7 Å². The molecule has 2 rings (SSSR count). The van der Waals surface area contributed by atoms with E-state index in [4.69, 9.17) is 16.0 Å². The Bertz CT molecular complexity index is 695. The number of anilines is 1. The topological polar surface area (TPSA) is 21.3 Å². The molecule has 0 aliphatic heterocycles. The summed E-state index contributed by atoms with van der Waals surface area (Å²) in [7, 11) is -1.89. The molecule has 2 aromatic rings. The van der Waals surface area contributed by atoms with Gasteiger partial charge in [0.05, 0.1) is 12.1 Å². The quantitative estimate of drug-likeness (QED) is 0.456. The molecule has 2 aromatic carbocycles. The molecule has 0 heterocycles. The van der Waals surface area contributed by atoms with Gasteiger partial charge in [-0.1, -0.05) is 76.0 Å². The van der Waals surface area contributed by atoms with E-state index >= 15 is 0 Å². The van der Waals surface area contributed by atoms with Crippen LogP contribution < -0.4 is 5.32 Å². The van der Waals surface area contributed by atoms with Crippen LogP contribution >= 0.6 is 11.6 Å². The van der Waals surface area contributed by atoms with E-state index < -0.39 is 8.32 Å². The molecule has 0 aliphatic carbocycles. The first kappa shape index (κ1) is 22.0. The van der Waals surface area contributed by atoms with E-state index in [2.05, 4.69) is 76.4 Å². The molecule has 27 heavy (non-hydrogen) atoms. The lowest BCUT2D eigenvalue weighted by Gasteiger charge is -2.42. The third kappa shape index (κ3) is 6.10. The predicted octanol–water partition coefficient (Wildman–Crippen LogP) is 7.68. The van der Waals surface area contributed by atoms with Crippen molar-refractivity contribution >= 4 is 25.6 Å². The normalized spacial score (nSPS) is 14.6. The zero-order chi connectivity index (χ0) is 20.1. The molecule has 0 radical (unpaired) electrons. The van der Waals surface area contributed by atoms with Crippen molar-refractivity contribution in [2.75, 3.05) is 5.32 Å². The summed E-state index contributed by atoms with van der Waals surface area (Å²) in [6.45, 7) is 13.8. The lowest BCUT2D eigenvalue weighted by atomic mass is 9.98. The van der Waals surface area contributed by atoms with Gasteiger partial charge in [0.15, 0.2) is 8.32 Å². The van der Waals surface area contributed by atoms with Crippen LogP contribution in [0.15, 0.2) is 54.6 Å². The van der Waals surface area contributed by atoms with Crippen molar-refractivity contribution in [3.05, 3.63) is 65.2 Å². The lowest BCUT2D eigenvalue weighted by Crippen LogP contribution is -2.46. The Kier molecular flexibility index (Phi) is 7.55. The minimum absolute atomic E-state index is 0.0986. The van der Waals surface area contributed by atoms with Crippen LogP contribution in [0.2, 0.25) is 23.2 Å². The van der Waals surface area contributed by atoms with Crippen LogP contribution in [0.25, 0.3) is 0 Å². The van der Waals surface area contributed by atoms with Crippen molar-refractivity contribution in [2.24, 2.45) is 0 Å². The van der Waals surface area contributed by atoms with E-state index in [1.807, 2.05) is 24.3 Å². The summed E-state index contributed by atoms with van der Waals surface area (Å²) in [6, 6.07) is 18.7. The minimum Gasteiger partial charge on any atom is -0.411 e. The molecule has 1 N–H and O–H groups in total. The average molecular weight is 404 g/mol. The number of rotatable bonds is 8. The second-order valence-electron chi connectivity index (χ2n) is 8.74. The van der Waals surface area contributed by atoms with Crippen molar-refractivity contribution in [3.8, 4) is 0 Å². The molecule has 4 heteroatoms. The molecule has 2 atom stereocenters. The fourth-order valence-electron chi connectivity index (χ4n) is 2.91. The average Bonchev–Trinajstić information content (AvgIpc) is 2.60. The fraction of sp³-hybridized carbons (Fsp3) is 0.478. The van der Waals surface area contributed by atoms with Crippen LogP contribution in [0.3, 0.4) is 0 Å². The summed E-state index contributed by atoms with van der Waals surface area (Å²) in [5, 5.41) is 4.65. The van der Waals surface area contributed by atoms with E-state index in [1.54, 1.807) is 0 Å². The van der Waals surface area contributed by atoms with Gasteiger partial charge in [-0.3, -0.25) is 0 Å². The van der Waals surface area contributed by atoms with Crippen LogP contribution in [-0.4, -0.2) is 14.4 Å². The summed E-state index contributed by atoms with van der Waals surface area (Å²) in [5.41, 5.74) is 2.32. The van der Waals surface area contributed by atoms with Crippen LogP contribution in [0.5, 0.6) is 0 Å². The molecule has 0 saturated heterocycles.